The summed E-state index contributed by atoms with van der Waals surface area (Å²) in [5.74, 6) is 1.05. The van der Waals surface area contributed by atoms with Crippen LogP contribution in [-0.2, 0) is 149 Å². The van der Waals surface area contributed by atoms with Crippen molar-refractivity contribution in [3.8, 4) is 0 Å². The van der Waals surface area contributed by atoms with E-state index in [2.05, 4.69) is 79.0 Å². The molecule has 8 aromatic rings. The number of carbonyl (C=O) groups is 2. The number of aryl methyl sites for hydroxylation is 9. The summed E-state index contributed by atoms with van der Waals surface area (Å²) in [5.41, 5.74) is 22.8. The molecule has 4 atom stereocenters. The molecule has 0 bridgehead atoms. The van der Waals surface area contributed by atoms with Gasteiger partial charge in [-0.15, -0.1) is 116 Å². The van der Waals surface area contributed by atoms with E-state index < -0.39 is 14.2 Å². The van der Waals surface area contributed by atoms with E-state index >= 15 is 0 Å². The Hall–Kier alpha value is -1.94. The topological polar surface area (TPSA) is 234 Å². The zero-order valence-electron chi connectivity index (χ0n) is 67.8. The van der Waals surface area contributed by atoms with Gasteiger partial charge >= 0.3 is 33.1 Å². The third-order valence-corrected chi connectivity index (χ3v) is 31.4. The maximum Gasteiger partial charge on any atom is 1.00 e. The number of aliphatic hydroxyl groups excluding tert-OH is 1. The van der Waals surface area contributed by atoms with Crippen LogP contribution in [0.2, 0.25) is 0 Å². The number of nitrogens with one attached hydrogen (secondary N) is 2. The minimum atomic E-state index is -3.04. The molecule has 0 spiro atoms. The van der Waals surface area contributed by atoms with Crippen molar-refractivity contribution in [2.45, 2.75) is 257 Å². The number of carboxylic acids is 1. The van der Waals surface area contributed by atoms with Crippen molar-refractivity contribution >= 4 is 151 Å². The molecule has 11 aliphatic rings. The van der Waals surface area contributed by atoms with Gasteiger partial charge in [-0.05, 0) is 335 Å². The number of hydrogen-bond donors (Lipinski definition) is 6. The molecule has 1 saturated heterocycles. The predicted molar refractivity (Wildman–Crippen MR) is 484 cm³/mol. The number of carboxylic acid groups (broad SMARTS) is 1. The average Bonchev–Trinajstić information content (AvgIpc) is 1.64. The Morgan fingerprint density at radius 3 is 1.44 bits per heavy atom. The SMILES string of the molecule is Brc1csc2c1CCCC2.C1CO1.CNCC1OCCc2c1sc1c2CCCC1.CNCC1OCCc2c1sc1c2CCCC1.C[C-](C)C.Cl.Cl.NCC1OCCc2c1sc1c2CCCC1.O=C(O)CCCc1cccs1.O=C1CCCc2sccc21.O=[P+]([O-])OO.OCCc1csc2c1CCCC2.[HH].[Li+].c1cc2c(s1)CCCC2. The maximum atomic E-state index is 11.2. The number of epoxide rings is 1. The van der Waals surface area contributed by atoms with E-state index in [1.165, 1.54) is 194 Å². The van der Waals surface area contributed by atoms with Crippen LogP contribution < -0.4 is 40.1 Å². The van der Waals surface area contributed by atoms with E-state index in [-0.39, 0.29) is 57.6 Å². The Balaban J connectivity index is 0.000000230. The molecule has 0 amide bonds. The third kappa shape index (κ3) is 32.4. The van der Waals surface area contributed by atoms with Gasteiger partial charge in [0.05, 0.1) is 33.0 Å². The summed E-state index contributed by atoms with van der Waals surface area (Å²) in [6.45, 7) is 13.7. The van der Waals surface area contributed by atoms with E-state index in [4.69, 9.17) is 44.9 Å². The van der Waals surface area contributed by atoms with Crippen LogP contribution in [0.5, 0.6) is 0 Å². The molecular weight excluding hydrogens is 1710 g/mol. The van der Waals surface area contributed by atoms with Crippen LogP contribution in [0.15, 0.2) is 55.6 Å². The summed E-state index contributed by atoms with van der Waals surface area (Å²) >= 11 is 18.7. The van der Waals surface area contributed by atoms with Crippen LogP contribution in [0.4, 0.5) is 0 Å². The fourth-order valence-corrected chi connectivity index (χ4v) is 25.7. The summed E-state index contributed by atoms with van der Waals surface area (Å²) in [5, 5.41) is 41.4. The molecule has 0 radical (unpaired) electrons. The molecule has 114 heavy (non-hydrogen) atoms. The monoisotopic (exact) mass is 1830 g/mol. The number of likely N-dealkylation sites (N-methyl/N-ethyl adjacent to an activating group) is 2. The van der Waals surface area contributed by atoms with E-state index in [1.54, 1.807) is 102 Å². The first-order valence-corrected chi connectivity index (χ1v) is 49.2. The number of thiophene rings is 8. The molecular formula is C86H124BrCl2LiN3O12PS8. The van der Waals surface area contributed by atoms with E-state index in [1.807, 2.05) is 111 Å². The van der Waals surface area contributed by atoms with Crippen LogP contribution >= 0.6 is 140 Å². The average molecular weight is 1840 g/mol. The van der Waals surface area contributed by atoms with Crippen LogP contribution in [0.3, 0.4) is 0 Å². The van der Waals surface area contributed by atoms with Crippen molar-refractivity contribution in [1.82, 2.24) is 10.6 Å². The molecule has 8 aromatic heterocycles. The largest absolute Gasteiger partial charge is 1.00 e. The van der Waals surface area contributed by atoms with Crippen molar-refractivity contribution in [3.63, 3.8) is 0 Å². The Morgan fingerprint density at radius 2 is 0.991 bits per heavy atom. The number of Topliss-reactive ketones (excluding diaryl/α,β-unsaturated/α-hetero) is 1. The molecule has 630 valence electrons. The first-order chi connectivity index (χ1) is 54.1. The number of ketones is 1. The summed E-state index contributed by atoms with van der Waals surface area (Å²) in [6, 6.07) is 8.24. The summed E-state index contributed by atoms with van der Waals surface area (Å²) in [6.07, 6.45) is 42.0. The Labute approximate surface area is 746 Å². The normalized spacial score (nSPS) is 18.4. The summed E-state index contributed by atoms with van der Waals surface area (Å²) in [7, 11) is 0.968. The molecule has 4 unspecified atom stereocenters. The second-order valence-electron chi connectivity index (χ2n) is 29.7. The van der Waals surface area contributed by atoms with Crippen molar-refractivity contribution in [1.29, 1.82) is 0 Å². The number of rotatable bonds is 12. The van der Waals surface area contributed by atoms with Gasteiger partial charge in [0.15, 0.2) is 5.78 Å². The second kappa shape index (κ2) is 56.0. The molecule has 15 nitrogen and oxygen atoms in total. The fraction of sp³-hybridized carbons (Fsp3) is 0.593. The van der Waals surface area contributed by atoms with Crippen molar-refractivity contribution < 1.29 is 78.4 Å². The predicted octanol–water partition coefficient (Wildman–Crippen LogP) is 18.9. The number of aliphatic carboxylic acids is 1. The number of carbonyl (C=O) groups excluding carboxylic acids is 1. The number of hydrogen-bond acceptors (Lipinski definition) is 22. The van der Waals surface area contributed by atoms with Crippen LogP contribution in [0.1, 0.15) is 263 Å². The number of fused-ring (bicyclic) bond motifs is 13. The van der Waals surface area contributed by atoms with E-state index in [0.29, 0.717) is 31.1 Å². The van der Waals surface area contributed by atoms with Gasteiger partial charge in [0.2, 0.25) is 0 Å². The number of ether oxygens (including phenoxy) is 4. The molecule has 4 aliphatic heterocycles. The van der Waals surface area contributed by atoms with Crippen LogP contribution in [0.25, 0.3) is 0 Å². The number of halogens is 3. The maximum absolute atomic E-state index is 11.2. The Morgan fingerprint density at radius 1 is 0.561 bits per heavy atom. The van der Waals surface area contributed by atoms with E-state index in [9.17, 15) is 9.59 Å². The third-order valence-electron chi connectivity index (χ3n) is 20.8. The first kappa shape index (κ1) is 101. The Bertz CT molecular complexity index is 3960. The standard InChI is InChI=1S/2C13H19NOS.C12H17NOS.C10H14OS.C8H9BrS.C8H10O2S.C8H8OS.C8H10S.C4H9.C2H4O.2ClH.Li.HO4P.H2/c2*1-14-8-11-13-10(6-7-15-11)9-4-2-3-5-12(9)16-13;13-7-10-12-9(5-6-14-10)8-3-1-2-4-11(8)15-12;11-6-5-8-7-12-10-4-2-1-3-9(8)10;9-7-5-10-8-4-2-1-3-6(7)8;9-8(10)5-1-3-7-4-2-6-11-7;9-7-2-1-3-8-6(7)4-5-10-8;1-2-4-8-7(3-1)5-6-9-8;1-4(2)3;1-2-3-1;;;;1-4-5(2)3;/h2*11,14H,2-8H2,1H3;10H,1-7,13H2;7,11H,1-6H2;5H,1-4H2;2,4,6H,1,3,5H2,(H,9,10);4-5H,1-3H2;5-6H,1-4H2;1-3H3;1-2H2;2*1H;;1H;1H/q;;;;;;;;-1;;;;+1;;. The molecule has 0 aromatic carbocycles. The van der Waals surface area contributed by atoms with Gasteiger partial charge in [0.1, 0.15) is 18.3 Å². The van der Waals surface area contributed by atoms with Gasteiger partial charge < -0.3 is 56.3 Å². The quantitative estimate of drug-likeness (QED) is 0.0167. The van der Waals surface area contributed by atoms with Gasteiger partial charge in [-0.1, -0.05) is 6.07 Å². The van der Waals surface area contributed by atoms with Crippen molar-refractivity contribution in [2.75, 3.05) is 73.4 Å². The molecule has 28 heteroatoms. The van der Waals surface area contributed by atoms with Gasteiger partial charge in [-0.2, -0.15) is 20.8 Å². The second-order valence-corrected chi connectivity index (χ2v) is 39.6. The molecule has 7 aliphatic carbocycles. The molecule has 0 saturated carbocycles. The van der Waals surface area contributed by atoms with Gasteiger partial charge in [-0.25, -0.2) is 5.26 Å². The van der Waals surface area contributed by atoms with Crippen LogP contribution in [0, 0.1) is 5.92 Å². The minimum Gasteiger partial charge on any atom is -0.565 e. The zero-order valence-corrected chi connectivity index (χ0v) is 78.5. The zero-order chi connectivity index (χ0) is 78.7. The van der Waals surface area contributed by atoms with E-state index in [0.717, 1.165) is 109 Å². The smallest absolute Gasteiger partial charge is 0.565 e. The molecule has 19 rings (SSSR count). The van der Waals surface area contributed by atoms with Crippen molar-refractivity contribution in [3.05, 3.63) is 176 Å². The molecule has 12 heterocycles. The molecule has 7 N–H and O–H groups in total. The Kier molecular flexibility index (Phi) is 49.5. The van der Waals surface area contributed by atoms with Crippen LogP contribution in [-0.4, -0.2) is 101 Å². The van der Waals surface area contributed by atoms with Gasteiger partial charge in [0, 0.05) is 114 Å². The fourth-order valence-electron chi connectivity index (χ4n) is 15.5. The summed E-state index contributed by atoms with van der Waals surface area (Å²) in [4.78, 5) is 47.0. The van der Waals surface area contributed by atoms with Gasteiger partial charge in [-0.3, -0.25) is 9.59 Å². The van der Waals surface area contributed by atoms with Gasteiger partial charge in [0.25, 0.3) is 0 Å². The minimum absolute atomic E-state index is 0. The number of nitrogens with two attached hydrogens (primary N) is 1. The first-order valence-electron chi connectivity index (χ1n) is 40.5. The molecule has 1 fully saturated rings. The summed E-state index contributed by atoms with van der Waals surface area (Å²) < 4.78 is 34.9. The number of aliphatic hydroxyl groups is 1. The van der Waals surface area contributed by atoms with Crippen molar-refractivity contribution in [2.24, 2.45) is 5.73 Å².